The lowest BCUT2D eigenvalue weighted by molar-refractivity contribution is 0.638. The summed E-state index contributed by atoms with van der Waals surface area (Å²) >= 11 is 0. The molecule has 0 spiro atoms. The van der Waals surface area contributed by atoms with Crippen molar-refractivity contribution in [3.8, 4) is 0 Å². The van der Waals surface area contributed by atoms with Crippen LogP contribution in [0.1, 0.15) is 5.82 Å². The Labute approximate surface area is 183 Å². The highest BCUT2D eigenvalue weighted by atomic mass is 15.3. The van der Waals surface area contributed by atoms with Crippen LogP contribution in [0.3, 0.4) is 0 Å². The summed E-state index contributed by atoms with van der Waals surface area (Å²) in [6.45, 7) is 4.00. The number of anilines is 3. The minimum Gasteiger partial charge on any atom is -0.361 e. The normalized spacial score (nSPS) is 14.4. The first-order valence-corrected chi connectivity index (χ1v) is 10.6. The molecular formula is C22H22N10. The van der Waals surface area contributed by atoms with E-state index in [-0.39, 0.29) is 0 Å². The van der Waals surface area contributed by atoms with E-state index in [1.165, 1.54) is 6.33 Å². The molecule has 10 nitrogen and oxygen atoms in total. The zero-order chi connectivity index (χ0) is 21.3. The van der Waals surface area contributed by atoms with Crippen LogP contribution < -0.4 is 15.1 Å². The van der Waals surface area contributed by atoms with Crippen molar-refractivity contribution < 1.29 is 0 Å². The first kappa shape index (κ1) is 18.6. The lowest BCUT2D eigenvalue weighted by atomic mass is 10.3. The standard InChI is InChI=1S/C22H22N10/c1-2-6-16-15(5-1)27-17(28-16)13-24-20-19-21(26-14-25-20)30-22(29-19)32-11-9-31(10-12-32)18-7-3-4-8-23-18/h1-8,14H,9-13H2,(H,27,28)(H2,24,25,26,29,30). The number of pyridine rings is 1. The third kappa shape index (κ3) is 3.45. The van der Waals surface area contributed by atoms with Gasteiger partial charge in [-0.05, 0) is 24.3 Å². The minimum absolute atomic E-state index is 0.526. The number of fused-ring (bicyclic) bond motifs is 2. The van der Waals surface area contributed by atoms with Gasteiger partial charge < -0.3 is 25.1 Å². The number of aromatic nitrogens is 7. The third-order valence-corrected chi connectivity index (χ3v) is 5.69. The molecule has 1 aliphatic rings. The van der Waals surface area contributed by atoms with E-state index in [9.17, 15) is 0 Å². The number of imidazole rings is 2. The van der Waals surface area contributed by atoms with Crippen LogP contribution in [-0.4, -0.2) is 61.1 Å². The monoisotopic (exact) mass is 426 g/mol. The summed E-state index contributed by atoms with van der Waals surface area (Å²) in [5.74, 6) is 3.39. The topological polar surface area (TPSA) is 115 Å². The number of nitrogens with zero attached hydrogens (tertiary/aromatic N) is 7. The molecule has 1 saturated heterocycles. The first-order valence-electron chi connectivity index (χ1n) is 10.6. The van der Waals surface area contributed by atoms with Crippen molar-refractivity contribution >= 4 is 39.8 Å². The predicted octanol–water partition coefficient (Wildman–Crippen LogP) is 2.56. The number of nitrogens with one attached hydrogen (secondary N) is 3. The van der Waals surface area contributed by atoms with Crippen molar-refractivity contribution in [3.63, 3.8) is 0 Å². The van der Waals surface area contributed by atoms with Gasteiger partial charge in [0.25, 0.3) is 0 Å². The second-order valence-corrected chi connectivity index (χ2v) is 7.70. The second kappa shape index (κ2) is 7.80. The highest BCUT2D eigenvalue weighted by molar-refractivity contribution is 5.84. The second-order valence-electron chi connectivity index (χ2n) is 7.70. The van der Waals surface area contributed by atoms with Crippen molar-refractivity contribution in [2.24, 2.45) is 0 Å². The molecule has 1 aliphatic heterocycles. The summed E-state index contributed by atoms with van der Waals surface area (Å²) in [6, 6.07) is 14.0. The zero-order valence-electron chi connectivity index (χ0n) is 17.4. The van der Waals surface area contributed by atoms with E-state index in [0.717, 1.165) is 60.3 Å². The Morgan fingerprint density at radius 2 is 1.69 bits per heavy atom. The molecule has 5 aromatic rings. The molecule has 0 unspecified atom stereocenters. The molecule has 5 heterocycles. The Balaban J connectivity index is 1.18. The van der Waals surface area contributed by atoms with Crippen molar-refractivity contribution in [1.82, 2.24) is 34.9 Å². The summed E-state index contributed by atoms with van der Waals surface area (Å²) in [4.78, 5) is 33.8. The fraction of sp³-hybridized carbons (Fsp3) is 0.227. The van der Waals surface area contributed by atoms with Gasteiger partial charge in [-0.3, -0.25) is 0 Å². The minimum atomic E-state index is 0.526. The fourth-order valence-corrected chi connectivity index (χ4v) is 4.04. The highest BCUT2D eigenvalue weighted by Crippen LogP contribution is 2.23. The predicted molar refractivity (Wildman–Crippen MR) is 124 cm³/mol. The summed E-state index contributed by atoms with van der Waals surface area (Å²) in [5, 5.41) is 3.36. The summed E-state index contributed by atoms with van der Waals surface area (Å²) in [7, 11) is 0. The van der Waals surface area contributed by atoms with Crippen molar-refractivity contribution in [1.29, 1.82) is 0 Å². The van der Waals surface area contributed by atoms with Crippen molar-refractivity contribution in [2.45, 2.75) is 6.54 Å². The number of rotatable bonds is 5. The molecule has 0 atom stereocenters. The average molecular weight is 426 g/mol. The van der Waals surface area contributed by atoms with Gasteiger partial charge in [0.2, 0.25) is 5.95 Å². The Morgan fingerprint density at radius 1 is 0.844 bits per heavy atom. The molecule has 160 valence electrons. The molecule has 0 bridgehead atoms. The van der Waals surface area contributed by atoms with Crippen LogP contribution >= 0.6 is 0 Å². The van der Waals surface area contributed by atoms with E-state index in [2.05, 4.69) is 45.0 Å². The Morgan fingerprint density at radius 3 is 2.53 bits per heavy atom. The van der Waals surface area contributed by atoms with Crippen LogP contribution in [0.25, 0.3) is 22.2 Å². The first-order chi connectivity index (χ1) is 15.8. The molecule has 3 N–H and O–H groups in total. The van der Waals surface area contributed by atoms with Gasteiger partial charge in [0.1, 0.15) is 23.5 Å². The largest absolute Gasteiger partial charge is 0.361 e. The van der Waals surface area contributed by atoms with Gasteiger partial charge in [0.05, 0.1) is 17.6 Å². The van der Waals surface area contributed by atoms with E-state index in [1.807, 2.05) is 48.7 Å². The number of piperazine rings is 1. The van der Waals surface area contributed by atoms with Crippen LogP contribution in [0.2, 0.25) is 0 Å². The average Bonchev–Trinajstić information content (AvgIpc) is 3.48. The fourth-order valence-electron chi connectivity index (χ4n) is 4.04. The highest BCUT2D eigenvalue weighted by Gasteiger charge is 2.21. The van der Waals surface area contributed by atoms with Crippen molar-refractivity contribution in [3.05, 3.63) is 60.8 Å². The molecular weight excluding hydrogens is 404 g/mol. The van der Waals surface area contributed by atoms with Crippen LogP contribution in [0.15, 0.2) is 55.0 Å². The summed E-state index contributed by atoms with van der Waals surface area (Å²) in [6.07, 6.45) is 3.37. The molecule has 6 rings (SSSR count). The number of H-pyrrole nitrogens is 2. The maximum atomic E-state index is 4.71. The van der Waals surface area contributed by atoms with Crippen molar-refractivity contribution in [2.75, 3.05) is 41.3 Å². The number of hydrogen-bond acceptors (Lipinski definition) is 8. The smallest absolute Gasteiger partial charge is 0.205 e. The summed E-state index contributed by atoms with van der Waals surface area (Å²) in [5.41, 5.74) is 3.41. The van der Waals surface area contributed by atoms with E-state index in [0.29, 0.717) is 18.0 Å². The SMILES string of the molecule is c1ccc(N2CCN(c3nc4ncnc(NCc5nc6ccccc6[nH]5)c4[nH]3)CC2)nc1. The van der Waals surface area contributed by atoms with E-state index >= 15 is 0 Å². The lowest BCUT2D eigenvalue weighted by Gasteiger charge is -2.35. The van der Waals surface area contributed by atoms with Crippen LogP contribution in [0.4, 0.5) is 17.6 Å². The lowest BCUT2D eigenvalue weighted by Crippen LogP contribution is -2.47. The Kier molecular flexibility index (Phi) is 4.52. The van der Waals surface area contributed by atoms with E-state index in [4.69, 9.17) is 4.98 Å². The molecule has 32 heavy (non-hydrogen) atoms. The molecule has 0 radical (unpaired) electrons. The maximum Gasteiger partial charge on any atom is 0.205 e. The van der Waals surface area contributed by atoms with Gasteiger partial charge in [-0.15, -0.1) is 0 Å². The molecule has 4 aromatic heterocycles. The Hall–Kier alpha value is -4.21. The van der Waals surface area contributed by atoms with Gasteiger partial charge in [-0.2, -0.15) is 4.98 Å². The van der Waals surface area contributed by atoms with Gasteiger partial charge in [-0.1, -0.05) is 18.2 Å². The number of hydrogen-bond donors (Lipinski definition) is 3. The Bertz CT molecular complexity index is 1320. The molecule has 0 aliphatic carbocycles. The molecule has 0 saturated carbocycles. The summed E-state index contributed by atoms with van der Waals surface area (Å²) < 4.78 is 0. The zero-order valence-corrected chi connectivity index (χ0v) is 17.4. The number of para-hydroxylation sites is 2. The maximum absolute atomic E-state index is 4.71. The van der Waals surface area contributed by atoms with E-state index < -0.39 is 0 Å². The molecule has 1 aromatic carbocycles. The van der Waals surface area contributed by atoms with Gasteiger partial charge >= 0.3 is 0 Å². The van der Waals surface area contributed by atoms with Crippen LogP contribution in [-0.2, 0) is 6.54 Å². The van der Waals surface area contributed by atoms with Gasteiger partial charge in [-0.25, -0.2) is 19.9 Å². The molecule has 0 amide bonds. The molecule has 1 fully saturated rings. The van der Waals surface area contributed by atoms with Gasteiger partial charge in [0.15, 0.2) is 11.5 Å². The molecule has 10 heteroatoms. The van der Waals surface area contributed by atoms with Crippen LogP contribution in [0.5, 0.6) is 0 Å². The van der Waals surface area contributed by atoms with Crippen LogP contribution in [0, 0.1) is 0 Å². The van der Waals surface area contributed by atoms with E-state index in [1.54, 1.807) is 0 Å². The quantitative estimate of drug-likeness (QED) is 0.393. The number of benzene rings is 1. The van der Waals surface area contributed by atoms with Gasteiger partial charge in [0, 0.05) is 32.4 Å². The number of aromatic amines is 2. The third-order valence-electron chi connectivity index (χ3n) is 5.69.